The Morgan fingerprint density at radius 3 is 1.76 bits per heavy atom. The predicted molar refractivity (Wildman–Crippen MR) is 64.9 cm³/mol. The summed E-state index contributed by atoms with van der Waals surface area (Å²) in [5.74, 6) is 0. The van der Waals surface area contributed by atoms with E-state index >= 15 is 0 Å². The molecule has 0 radical (unpaired) electrons. The normalized spacial score (nSPS) is 21.7. The molecule has 2 saturated carbocycles. The van der Waals surface area contributed by atoms with E-state index in [2.05, 4.69) is 6.58 Å². The van der Waals surface area contributed by atoms with Crippen LogP contribution in [0.3, 0.4) is 0 Å². The third-order valence-electron chi connectivity index (χ3n) is 3.29. The maximum atomic E-state index is 12.5. The second-order valence-corrected chi connectivity index (χ2v) is 6.72. The van der Waals surface area contributed by atoms with E-state index in [1.807, 2.05) is 0 Å². The molecule has 96 valence electrons. The lowest BCUT2D eigenvalue weighted by molar-refractivity contribution is -0.112. The van der Waals surface area contributed by atoms with Crippen LogP contribution in [-0.4, -0.2) is 17.7 Å². The van der Waals surface area contributed by atoms with E-state index in [-0.39, 0.29) is 17.8 Å². The summed E-state index contributed by atoms with van der Waals surface area (Å²) in [4.78, 5) is 11.9. The second kappa shape index (κ2) is 5.05. The van der Waals surface area contributed by atoms with E-state index in [4.69, 9.17) is 9.05 Å². The monoisotopic (exact) mass is 258 g/mol. The average molecular weight is 258 g/mol. The molecule has 5 heteroatoms. The minimum absolute atomic E-state index is 0.0794. The molecule has 0 bridgehead atoms. The summed E-state index contributed by atoms with van der Waals surface area (Å²) in [6.07, 6.45) is 5.42. The van der Waals surface area contributed by atoms with Crippen LogP contribution >= 0.6 is 7.60 Å². The largest absolute Gasteiger partial charge is 0.401 e. The summed E-state index contributed by atoms with van der Waals surface area (Å²) in [5.41, 5.74) is -0.316. The molecule has 0 atom stereocenters. The molecule has 0 unspecified atom stereocenters. The van der Waals surface area contributed by atoms with Gasteiger partial charge in [-0.15, -0.1) is 0 Å². The van der Waals surface area contributed by atoms with Gasteiger partial charge in [0.1, 0.15) is 0 Å². The second-order valence-electron chi connectivity index (χ2n) is 4.90. The molecule has 0 amide bonds. The van der Waals surface area contributed by atoms with Crippen molar-refractivity contribution in [3.8, 4) is 0 Å². The van der Waals surface area contributed by atoms with E-state index in [9.17, 15) is 9.36 Å². The van der Waals surface area contributed by atoms with Crippen molar-refractivity contribution in [3.63, 3.8) is 0 Å². The van der Waals surface area contributed by atoms with E-state index in [0.29, 0.717) is 0 Å². The maximum absolute atomic E-state index is 12.5. The summed E-state index contributed by atoms with van der Waals surface area (Å²) < 4.78 is 23.4. The zero-order valence-corrected chi connectivity index (χ0v) is 11.1. The number of carbonyl (C=O) groups excluding carboxylic acids is 1. The van der Waals surface area contributed by atoms with Crippen molar-refractivity contribution in [2.24, 2.45) is 0 Å². The first-order chi connectivity index (χ1) is 8.01. The van der Waals surface area contributed by atoms with Gasteiger partial charge in [0.25, 0.3) is 5.52 Å². The molecule has 17 heavy (non-hydrogen) atoms. The van der Waals surface area contributed by atoms with Crippen molar-refractivity contribution >= 4 is 13.1 Å². The van der Waals surface area contributed by atoms with Crippen molar-refractivity contribution in [3.05, 3.63) is 12.2 Å². The maximum Gasteiger partial charge on any atom is 0.401 e. The molecule has 2 rings (SSSR count). The topological polar surface area (TPSA) is 52.6 Å². The highest BCUT2D eigenvalue weighted by atomic mass is 31.2. The van der Waals surface area contributed by atoms with Gasteiger partial charge in [-0.2, -0.15) is 0 Å². The Kier molecular flexibility index (Phi) is 3.86. The van der Waals surface area contributed by atoms with Crippen LogP contribution in [0.15, 0.2) is 12.2 Å². The predicted octanol–water partition coefficient (Wildman–Crippen LogP) is 3.42. The Hall–Kier alpha value is -0.440. The van der Waals surface area contributed by atoms with E-state index < -0.39 is 13.1 Å². The Labute approximate surface area is 102 Å². The fourth-order valence-electron chi connectivity index (χ4n) is 1.70. The van der Waals surface area contributed by atoms with Crippen LogP contribution < -0.4 is 0 Å². The molecule has 2 aliphatic carbocycles. The summed E-state index contributed by atoms with van der Waals surface area (Å²) in [5, 5.41) is 0. The molecule has 4 nitrogen and oxygen atoms in total. The summed E-state index contributed by atoms with van der Waals surface area (Å²) >= 11 is 0. The first kappa shape index (κ1) is 13.0. The molecule has 0 aromatic carbocycles. The quantitative estimate of drug-likeness (QED) is 0.541. The zero-order valence-electron chi connectivity index (χ0n) is 10.2. The van der Waals surface area contributed by atoms with Crippen LogP contribution in [0.1, 0.15) is 45.4 Å². The van der Waals surface area contributed by atoms with Crippen LogP contribution in [-0.2, 0) is 18.4 Å². The fraction of sp³-hybridized carbons (Fsp3) is 0.750. The molecular weight excluding hydrogens is 239 g/mol. The van der Waals surface area contributed by atoms with Crippen molar-refractivity contribution in [2.75, 3.05) is 0 Å². The SMILES string of the molecule is C=C(C)C(=O)P(=O)(OC1CCC1)OC1CCC1. The number of rotatable bonds is 6. The molecule has 0 aliphatic heterocycles. The van der Waals surface area contributed by atoms with Gasteiger partial charge >= 0.3 is 7.60 Å². The van der Waals surface area contributed by atoms with Gasteiger partial charge in [-0.05, 0) is 51.0 Å². The standard InChI is InChI=1S/C12H19O4P/c1-9(2)12(13)17(14,15-10-5-3-6-10)16-11-7-4-8-11/h10-11H,1,3-8H2,2H3. The smallest absolute Gasteiger partial charge is 0.300 e. The number of allylic oxidation sites excluding steroid dienone is 1. The molecule has 0 spiro atoms. The van der Waals surface area contributed by atoms with Gasteiger partial charge in [0.2, 0.25) is 0 Å². The zero-order chi connectivity index (χ0) is 12.5. The highest BCUT2D eigenvalue weighted by Crippen LogP contribution is 2.56. The van der Waals surface area contributed by atoms with Crippen molar-refractivity contribution in [1.82, 2.24) is 0 Å². The van der Waals surface area contributed by atoms with Gasteiger partial charge in [-0.1, -0.05) is 6.58 Å². The average Bonchev–Trinajstić information content (AvgIpc) is 2.16. The summed E-state index contributed by atoms with van der Waals surface area (Å²) in [6.45, 7) is 5.09. The van der Waals surface area contributed by atoms with Gasteiger partial charge in [0.15, 0.2) is 0 Å². The Balaban J connectivity index is 2.05. The van der Waals surface area contributed by atoms with Gasteiger partial charge in [0, 0.05) is 0 Å². The van der Waals surface area contributed by atoms with Crippen LogP contribution in [0.4, 0.5) is 0 Å². The third kappa shape index (κ3) is 2.87. The molecule has 2 fully saturated rings. The minimum Gasteiger partial charge on any atom is -0.300 e. The lowest BCUT2D eigenvalue weighted by Gasteiger charge is -2.33. The minimum atomic E-state index is -3.65. The first-order valence-electron chi connectivity index (χ1n) is 6.18. The third-order valence-corrected chi connectivity index (χ3v) is 5.32. The van der Waals surface area contributed by atoms with Crippen LogP contribution in [0.5, 0.6) is 0 Å². The van der Waals surface area contributed by atoms with Crippen molar-refractivity contribution in [1.29, 1.82) is 0 Å². The molecule has 2 aliphatic rings. The molecule has 0 saturated heterocycles. The Morgan fingerprint density at radius 2 is 1.53 bits per heavy atom. The molecule has 0 aromatic rings. The number of hydrogen-bond acceptors (Lipinski definition) is 4. The highest BCUT2D eigenvalue weighted by Gasteiger charge is 2.42. The van der Waals surface area contributed by atoms with Crippen LogP contribution in [0.25, 0.3) is 0 Å². The summed E-state index contributed by atoms with van der Waals surface area (Å²) in [6, 6.07) is 0. The van der Waals surface area contributed by atoms with Gasteiger partial charge in [-0.3, -0.25) is 18.4 Å². The van der Waals surface area contributed by atoms with E-state index in [1.54, 1.807) is 6.92 Å². The first-order valence-corrected chi connectivity index (χ1v) is 7.73. The van der Waals surface area contributed by atoms with Crippen molar-refractivity contribution in [2.45, 2.75) is 57.7 Å². The lowest BCUT2D eigenvalue weighted by Crippen LogP contribution is -2.27. The molecule has 0 heterocycles. The molecule has 0 aromatic heterocycles. The van der Waals surface area contributed by atoms with Crippen LogP contribution in [0, 0.1) is 0 Å². The fourth-order valence-corrected chi connectivity index (χ4v) is 3.61. The van der Waals surface area contributed by atoms with Crippen LogP contribution in [0.2, 0.25) is 0 Å². The number of carbonyl (C=O) groups is 1. The van der Waals surface area contributed by atoms with E-state index in [1.165, 1.54) is 0 Å². The summed E-state index contributed by atoms with van der Waals surface area (Å²) in [7, 11) is -3.65. The number of hydrogen-bond donors (Lipinski definition) is 0. The molecular formula is C12H19O4P. The van der Waals surface area contributed by atoms with Gasteiger partial charge in [0.05, 0.1) is 12.2 Å². The van der Waals surface area contributed by atoms with E-state index in [0.717, 1.165) is 38.5 Å². The Bertz CT molecular complexity index is 349. The molecule has 0 N–H and O–H groups in total. The lowest BCUT2D eigenvalue weighted by atomic mass is 9.97. The Morgan fingerprint density at radius 1 is 1.12 bits per heavy atom. The van der Waals surface area contributed by atoms with Gasteiger partial charge in [-0.25, -0.2) is 0 Å². The van der Waals surface area contributed by atoms with Gasteiger partial charge < -0.3 is 0 Å². The highest BCUT2D eigenvalue weighted by molar-refractivity contribution is 7.72. The van der Waals surface area contributed by atoms with Crippen molar-refractivity contribution < 1.29 is 18.4 Å².